The topological polar surface area (TPSA) is 80.3 Å². The minimum Gasteiger partial charge on any atom is -0.401 e. The van der Waals surface area contributed by atoms with Gasteiger partial charge in [0, 0.05) is 62.5 Å². The third kappa shape index (κ3) is 7.41. The van der Waals surface area contributed by atoms with Crippen LogP contribution in [-0.4, -0.2) is 76.1 Å². The number of halogens is 1. The summed E-state index contributed by atoms with van der Waals surface area (Å²) in [5.41, 5.74) is 8.05. The van der Waals surface area contributed by atoms with E-state index in [2.05, 4.69) is 67.6 Å². The summed E-state index contributed by atoms with van der Waals surface area (Å²) in [5, 5.41) is 2.72. The van der Waals surface area contributed by atoms with Gasteiger partial charge in [-0.1, -0.05) is 12.1 Å². The first-order valence-electron chi connectivity index (χ1n) is 13.1. The number of piperidine rings is 2. The van der Waals surface area contributed by atoms with Crippen LogP contribution in [0.25, 0.3) is 11.0 Å². The molecule has 2 aliphatic heterocycles. The second-order valence-electron chi connectivity index (χ2n) is 10.3. The number of imidazole rings is 1. The molecule has 204 valence electrons. The highest BCUT2D eigenvalue weighted by Gasteiger charge is 2.34. The van der Waals surface area contributed by atoms with Crippen molar-refractivity contribution in [1.82, 2.24) is 24.3 Å². The van der Waals surface area contributed by atoms with Gasteiger partial charge >= 0.3 is 0 Å². The molecule has 0 spiro atoms. The standard InChI is InChI=1S/C19H23N4P.C9H15FN2OS/c1-22-10-7-15(8-11-22)23-18-6-5-16(24)13-17(18)21-19(23)12-14-4-2-3-9-20-14;10-9(7-13)1-3-12(4-2-9)5-8(11)6-14/h2-6,9,13,15H,7-8,10-12,24H2,1H3;6-7,14H,1-5,11H2/b;8-6-. The Kier molecular flexibility index (Phi) is 9.93. The van der Waals surface area contributed by atoms with Gasteiger partial charge in [-0.3, -0.25) is 14.7 Å². The van der Waals surface area contributed by atoms with Gasteiger partial charge in [-0.25, -0.2) is 9.37 Å². The zero-order valence-electron chi connectivity index (χ0n) is 22.0. The molecule has 0 bridgehead atoms. The van der Waals surface area contributed by atoms with E-state index in [1.165, 1.54) is 29.1 Å². The Morgan fingerprint density at radius 2 is 1.95 bits per heavy atom. The highest BCUT2D eigenvalue weighted by molar-refractivity contribution is 7.83. The van der Waals surface area contributed by atoms with Gasteiger partial charge in [0.25, 0.3) is 0 Å². The maximum atomic E-state index is 13.4. The van der Waals surface area contributed by atoms with Crippen molar-refractivity contribution >= 4 is 44.5 Å². The molecule has 0 amide bonds. The Hall–Kier alpha value is -2.32. The minimum atomic E-state index is -1.62. The first-order chi connectivity index (χ1) is 18.3. The number of pyridine rings is 1. The number of likely N-dealkylation sites (tertiary alicyclic amines) is 2. The molecule has 0 radical (unpaired) electrons. The maximum Gasteiger partial charge on any atom is 0.168 e. The number of rotatable bonds is 6. The molecule has 2 N–H and O–H groups in total. The second kappa shape index (κ2) is 13.2. The van der Waals surface area contributed by atoms with Crippen molar-refractivity contribution in [3.63, 3.8) is 0 Å². The van der Waals surface area contributed by atoms with Crippen LogP contribution in [0.2, 0.25) is 0 Å². The smallest absolute Gasteiger partial charge is 0.168 e. The summed E-state index contributed by atoms with van der Waals surface area (Å²) in [7, 11) is 4.98. The SMILES string of the molecule is CN1CCC(n2c(Cc3ccccn3)nc3cc(P)ccc32)CC1.N/C(=C\S)CN1CCC(F)(C=O)CC1. The van der Waals surface area contributed by atoms with Crippen molar-refractivity contribution in [3.05, 3.63) is 65.2 Å². The lowest BCUT2D eigenvalue weighted by atomic mass is 9.95. The molecule has 4 heterocycles. The first kappa shape index (κ1) is 28.7. The van der Waals surface area contributed by atoms with Crippen molar-refractivity contribution < 1.29 is 9.18 Å². The predicted molar refractivity (Wildman–Crippen MR) is 159 cm³/mol. The van der Waals surface area contributed by atoms with Gasteiger partial charge in [-0.2, -0.15) is 0 Å². The van der Waals surface area contributed by atoms with E-state index < -0.39 is 5.67 Å². The highest BCUT2D eigenvalue weighted by Crippen LogP contribution is 2.29. The number of nitrogens with zero attached hydrogens (tertiary/aromatic N) is 5. The zero-order chi connectivity index (χ0) is 27.1. The van der Waals surface area contributed by atoms with E-state index in [0.717, 1.165) is 36.5 Å². The minimum absolute atomic E-state index is 0.260. The van der Waals surface area contributed by atoms with Crippen LogP contribution in [0, 0.1) is 0 Å². The third-order valence-electron chi connectivity index (χ3n) is 7.38. The number of hydrogen-bond donors (Lipinski definition) is 2. The summed E-state index contributed by atoms with van der Waals surface area (Å²) in [6.07, 6.45) is 5.95. The van der Waals surface area contributed by atoms with Gasteiger partial charge in [-0.15, -0.1) is 21.9 Å². The van der Waals surface area contributed by atoms with Crippen LogP contribution < -0.4 is 11.0 Å². The molecule has 1 unspecified atom stereocenters. The van der Waals surface area contributed by atoms with E-state index in [1.54, 1.807) is 0 Å². The number of thiol groups is 1. The molecule has 2 aromatic heterocycles. The molecule has 10 heteroatoms. The summed E-state index contributed by atoms with van der Waals surface area (Å²) in [6, 6.07) is 13.2. The molecule has 0 aliphatic carbocycles. The van der Waals surface area contributed by atoms with E-state index >= 15 is 0 Å². The van der Waals surface area contributed by atoms with E-state index in [4.69, 9.17) is 10.7 Å². The fourth-order valence-corrected chi connectivity index (χ4v) is 5.45. The largest absolute Gasteiger partial charge is 0.401 e. The normalized spacial score (nSPS) is 19.2. The van der Waals surface area contributed by atoms with E-state index in [1.807, 2.05) is 23.2 Å². The Balaban J connectivity index is 0.000000206. The molecule has 38 heavy (non-hydrogen) atoms. The predicted octanol–water partition coefficient (Wildman–Crippen LogP) is 3.51. The Labute approximate surface area is 232 Å². The quantitative estimate of drug-likeness (QED) is 0.275. The average Bonchev–Trinajstić information content (AvgIpc) is 3.28. The Bertz CT molecular complexity index is 1240. The fourth-order valence-electron chi connectivity index (χ4n) is 5.12. The van der Waals surface area contributed by atoms with Crippen LogP contribution in [0.3, 0.4) is 0 Å². The average molecular weight is 557 g/mol. The molecule has 0 saturated carbocycles. The van der Waals surface area contributed by atoms with E-state index in [0.29, 0.717) is 37.7 Å². The number of fused-ring (bicyclic) bond motifs is 1. The van der Waals surface area contributed by atoms with Gasteiger partial charge in [-0.05, 0) is 68.0 Å². The van der Waals surface area contributed by atoms with Crippen LogP contribution >= 0.6 is 21.9 Å². The summed E-state index contributed by atoms with van der Waals surface area (Å²) in [6.45, 7) is 4.03. The molecule has 5 rings (SSSR count). The second-order valence-corrected chi connectivity index (χ2v) is 11.2. The molecule has 3 aromatic rings. The summed E-state index contributed by atoms with van der Waals surface area (Å²) < 4.78 is 15.9. The number of carbonyl (C=O) groups excluding carboxylic acids is 1. The number of nitrogens with two attached hydrogens (primary N) is 1. The molecule has 2 fully saturated rings. The molecular formula is C28H38FN6OPS. The van der Waals surface area contributed by atoms with Gasteiger partial charge < -0.3 is 15.2 Å². The summed E-state index contributed by atoms with van der Waals surface area (Å²) in [4.78, 5) is 24.3. The van der Waals surface area contributed by atoms with Crippen LogP contribution in [0.1, 0.15) is 43.2 Å². The van der Waals surface area contributed by atoms with Gasteiger partial charge in [0.05, 0.1) is 11.0 Å². The number of carbonyl (C=O) groups is 1. The molecular weight excluding hydrogens is 518 g/mol. The Morgan fingerprint density at radius 3 is 2.58 bits per heavy atom. The van der Waals surface area contributed by atoms with Crippen LogP contribution in [0.4, 0.5) is 4.39 Å². The van der Waals surface area contributed by atoms with Gasteiger partial charge in [0.1, 0.15) is 5.82 Å². The molecule has 2 aliphatic rings. The highest BCUT2D eigenvalue weighted by atomic mass is 32.1. The molecule has 2 saturated heterocycles. The number of aromatic nitrogens is 3. The fraction of sp³-hybridized carbons (Fsp3) is 0.464. The van der Waals surface area contributed by atoms with Crippen LogP contribution in [-0.2, 0) is 11.2 Å². The lowest BCUT2D eigenvalue weighted by Crippen LogP contribution is -2.43. The Morgan fingerprint density at radius 1 is 1.21 bits per heavy atom. The maximum absolute atomic E-state index is 13.4. The lowest BCUT2D eigenvalue weighted by Gasteiger charge is -2.33. The zero-order valence-corrected chi connectivity index (χ0v) is 24.0. The number of benzene rings is 1. The lowest BCUT2D eigenvalue weighted by molar-refractivity contribution is -0.120. The van der Waals surface area contributed by atoms with Crippen molar-refractivity contribution in [3.8, 4) is 0 Å². The molecule has 1 aromatic carbocycles. The number of hydrogen-bond acceptors (Lipinski definition) is 7. The molecule has 7 nitrogen and oxygen atoms in total. The van der Waals surface area contributed by atoms with Crippen molar-refractivity contribution in [2.45, 2.75) is 43.8 Å². The third-order valence-corrected chi connectivity index (χ3v) is 8.07. The van der Waals surface area contributed by atoms with Gasteiger partial charge in [0.2, 0.25) is 0 Å². The first-order valence-corrected chi connectivity index (χ1v) is 14.2. The number of aldehydes is 1. The van der Waals surface area contributed by atoms with Gasteiger partial charge in [0.15, 0.2) is 12.0 Å². The van der Waals surface area contributed by atoms with E-state index in [9.17, 15) is 9.18 Å². The molecule has 1 atom stereocenters. The van der Waals surface area contributed by atoms with Crippen molar-refractivity contribution in [1.29, 1.82) is 0 Å². The summed E-state index contributed by atoms with van der Waals surface area (Å²) in [5.74, 6) is 1.13. The number of alkyl halides is 1. The van der Waals surface area contributed by atoms with Crippen LogP contribution in [0.5, 0.6) is 0 Å². The summed E-state index contributed by atoms with van der Waals surface area (Å²) >= 11 is 3.92. The van der Waals surface area contributed by atoms with Crippen LogP contribution in [0.15, 0.2) is 53.7 Å². The van der Waals surface area contributed by atoms with Crippen molar-refractivity contribution in [2.24, 2.45) is 5.73 Å². The monoisotopic (exact) mass is 556 g/mol. The van der Waals surface area contributed by atoms with E-state index in [-0.39, 0.29) is 12.8 Å². The van der Waals surface area contributed by atoms with Crippen molar-refractivity contribution in [2.75, 3.05) is 39.8 Å².